The third-order valence-corrected chi connectivity index (χ3v) is 4.91. The zero-order chi connectivity index (χ0) is 11.7. The zero-order valence-electron chi connectivity index (χ0n) is 9.47. The number of benzene rings is 1. The highest BCUT2D eigenvalue weighted by Gasteiger charge is 2.27. The van der Waals surface area contributed by atoms with Gasteiger partial charge in [-0.25, -0.2) is 0 Å². The monoisotopic (exact) mass is 307 g/mol. The molecular weight excluding hydrogens is 294 g/mol. The number of hydrogen-bond acceptors (Lipinski definition) is 2. The summed E-state index contributed by atoms with van der Waals surface area (Å²) in [4.78, 5) is 3.96. The summed E-state index contributed by atoms with van der Waals surface area (Å²) in [6.07, 6.45) is 0. The first kappa shape index (κ1) is 11.5. The van der Waals surface area contributed by atoms with Crippen molar-refractivity contribution in [3.63, 3.8) is 0 Å². The molecule has 1 fully saturated rings. The summed E-state index contributed by atoms with van der Waals surface area (Å²) in [5, 5.41) is 2.16. The molecule has 0 radical (unpaired) electrons. The van der Waals surface area contributed by atoms with Gasteiger partial charge in [-0.2, -0.15) is 0 Å². The van der Waals surface area contributed by atoms with Crippen LogP contribution in [0, 0.1) is 0 Å². The molecule has 2 aromatic rings. The van der Waals surface area contributed by atoms with Gasteiger partial charge in [-0.15, -0.1) is 11.3 Å². The van der Waals surface area contributed by atoms with Crippen molar-refractivity contribution in [3.8, 4) is 0 Å². The second-order valence-corrected chi connectivity index (χ2v) is 6.44. The third kappa shape index (κ3) is 2.62. The van der Waals surface area contributed by atoms with Gasteiger partial charge in [0.2, 0.25) is 0 Å². The minimum atomic E-state index is 0.736. The lowest BCUT2D eigenvalue weighted by molar-refractivity contribution is 0.141. The fourth-order valence-corrected chi connectivity index (χ4v) is 3.78. The van der Waals surface area contributed by atoms with Crippen molar-refractivity contribution >= 4 is 27.3 Å². The van der Waals surface area contributed by atoms with Crippen LogP contribution in [0.5, 0.6) is 0 Å². The zero-order valence-corrected chi connectivity index (χ0v) is 11.9. The molecule has 1 aromatic heterocycles. The Morgan fingerprint density at radius 2 is 2.00 bits per heavy atom. The Morgan fingerprint density at radius 1 is 1.24 bits per heavy atom. The van der Waals surface area contributed by atoms with E-state index in [-0.39, 0.29) is 0 Å². The molecule has 3 rings (SSSR count). The van der Waals surface area contributed by atoms with Crippen molar-refractivity contribution in [1.82, 2.24) is 4.90 Å². The Kier molecular flexibility index (Phi) is 3.32. The minimum absolute atomic E-state index is 0.736. The minimum Gasteiger partial charge on any atom is -0.297 e. The molecule has 1 aromatic carbocycles. The van der Waals surface area contributed by atoms with E-state index in [9.17, 15) is 0 Å². The molecular formula is C14H14BrNS. The standard InChI is InChI=1S/C14H14BrNS/c15-13-6-14(17-10-13)9-16-7-12(8-16)11-4-2-1-3-5-11/h1-6,10,12H,7-9H2. The number of rotatable bonds is 3. The predicted molar refractivity (Wildman–Crippen MR) is 76.5 cm³/mol. The van der Waals surface area contributed by atoms with Gasteiger partial charge in [-0.05, 0) is 27.6 Å². The molecule has 17 heavy (non-hydrogen) atoms. The van der Waals surface area contributed by atoms with Crippen molar-refractivity contribution < 1.29 is 0 Å². The molecule has 2 heterocycles. The van der Waals surface area contributed by atoms with E-state index in [1.807, 2.05) is 11.3 Å². The number of hydrogen-bond donors (Lipinski definition) is 0. The van der Waals surface area contributed by atoms with Gasteiger partial charge < -0.3 is 0 Å². The van der Waals surface area contributed by atoms with E-state index in [4.69, 9.17) is 0 Å². The lowest BCUT2D eigenvalue weighted by Crippen LogP contribution is -2.43. The average molecular weight is 308 g/mol. The maximum Gasteiger partial charge on any atom is 0.0328 e. The molecule has 0 bridgehead atoms. The number of thiophene rings is 1. The van der Waals surface area contributed by atoms with E-state index in [0.717, 1.165) is 12.5 Å². The molecule has 88 valence electrons. The van der Waals surface area contributed by atoms with Crippen molar-refractivity contribution in [2.45, 2.75) is 12.5 Å². The highest BCUT2D eigenvalue weighted by molar-refractivity contribution is 9.10. The number of likely N-dealkylation sites (tertiary alicyclic amines) is 1. The molecule has 0 amide bonds. The molecule has 0 N–H and O–H groups in total. The maximum atomic E-state index is 3.50. The molecule has 0 saturated carbocycles. The molecule has 0 unspecified atom stereocenters. The lowest BCUT2D eigenvalue weighted by Gasteiger charge is -2.39. The summed E-state index contributed by atoms with van der Waals surface area (Å²) in [5.41, 5.74) is 1.48. The van der Waals surface area contributed by atoms with Crippen LogP contribution in [-0.4, -0.2) is 18.0 Å². The summed E-state index contributed by atoms with van der Waals surface area (Å²) in [6, 6.07) is 13.1. The van der Waals surface area contributed by atoms with Crippen LogP contribution in [0.25, 0.3) is 0 Å². The van der Waals surface area contributed by atoms with Gasteiger partial charge in [0.1, 0.15) is 0 Å². The summed E-state index contributed by atoms with van der Waals surface area (Å²) in [5.74, 6) is 0.736. The first-order chi connectivity index (χ1) is 8.31. The molecule has 1 aliphatic rings. The second-order valence-electron chi connectivity index (χ2n) is 4.53. The predicted octanol–water partition coefficient (Wildman–Crippen LogP) is 4.11. The highest BCUT2D eigenvalue weighted by atomic mass is 79.9. The lowest BCUT2D eigenvalue weighted by atomic mass is 9.91. The largest absolute Gasteiger partial charge is 0.297 e. The van der Waals surface area contributed by atoms with Gasteiger partial charge >= 0.3 is 0 Å². The second kappa shape index (κ2) is 4.92. The molecule has 1 aliphatic heterocycles. The topological polar surface area (TPSA) is 3.24 Å². The summed E-state index contributed by atoms with van der Waals surface area (Å²) >= 11 is 5.34. The van der Waals surface area contributed by atoms with Crippen LogP contribution in [0.15, 0.2) is 46.3 Å². The number of nitrogens with zero attached hydrogens (tertiary/aromatic N) is 1. The quantitative estimate of drug-likeness (QED) is 0.825. The molecule has 1 nitrogen and oxygen atoms in total. The van der Waals surface area contributed by atoms with Crippen LogP contribution in [0.4, 0.5) is 0 Å². The third-order valence-electron chi connectivity index (χ3n) is 3.23. The Hall–Kier alpha value is -0.640. The Morgan fingerprint density at radius 3 is 2.65 bits per heavy atom. The van der Waals surface area contributed by atoms with Crippen LogP contribution in [0.3, 0.4) is 0 Å². The fourth-order valence-electron chi connectivity index (χ4n) is 2.29. The molecule has 0 aliphatic carbocycles. The van der Waals surface area contributed by atoms with Crippen LogP contribution < -0.4 is 0 Å². The fraction of sp³-hybridized carbons (Fsp3) is 0.286. The molecule has 0 atom stereocenters. The normalized spacial score (nSPS) is 17.0. The van der Waals surface area contributed by atoms with Gasteiger partial charge in [-0.3, -0.25) is 4.90 Å². The first-order valence-electron chi connectivity index (χ1n) is 5.81. The van der Waals surface area contributed by atoms with Crippen LogP contribution in [0.2, 0.25) is 0 Å². The van der Waals surface area contributed by atoms with Crippen molar-refractivity contribution in [2.24, 2.45) is 0 Å². The summed E-state index contributed by atoms with van der Waals surface area (Å²) < 4.78 is 1.21. The van der Waals surface area contributed by atoms with Gasteiger partial charge in [0, 0.05) is 40.3 Å². The average Bonchev–Trinajstić information content (AvgIpc) is 2.70. The Balaban J connectivity index is 1.55. The first-order valence-corrected chi connectivity index (χ1v) is 7.49. The van der Waals surface area contributed by atoms with E-state index >= 15 is 0 Å². The molecule has 3 heteroatoms. The van der Waals surface area contributed by atoms with Gasteiger partial charge in [0.15, 0.2) is 0 Å². The van der Waals surface area contributed by atoms with E-state index in [2.05, 4.69) is 62.6 Å². The van der Waals surface area contributed by atoms with Crippen molar-refractivity contribution in [2.75, 3.05) is 13.1 Å². The van der Waals surface area contributed by atoms with E-state index in [0.29, 0.717) is 0 Å². The van der Waals surface area contributed by atoms with Crippen LogP contribution >= 0.6 is 27.3 Å². The SMILES string of the molecule is Brc1csc(CN2CC(c3ccccc3)C2)c1. The van der Waals surface area contributed by atoms with Crippen LogP contribution in [-0.2, 0) is 6.54 Å². The van der Waals surface area contributed by atoms with E-state index < -0.39 is 0 Å². The van der Waals surface area contributed by atoms with Crippen LogP contribution in [0.1, 0.15) is 16.4 Å². The van der Waals surface area contributed by atoms with Crippen molar-refractivity contribution in [1.29, 1.82) is 0 Å². The van der Waals surface area contributed by atoms with Crippen molar-refractivity contribution in [3.05, 3.63) is 56.7 Å². The molecule has 1 saturated heterocycles. The van der Waals surface area contributed by atoms with Gasteiger partial charge in [0.25, 0.3) is 0 Å². The summed E-state index contributed by atoms with van der Waals surface area (Å²) in [7, 11) is 0. The summed E-state index contributed by atoms with van der Waals surface area (Å²) in [6.45, 7) is 3.48. The van der Waals surface area contributed by atoms with Gasteiger partial charge in [-0.1, -0.05) is 30.3 Å². The maximum absolute atomic E-state index is 3.50. The molecule has 0 spiro atoms. The smallest absolute Gasteiger partial charge is 0.0328 e. The van der Waals surface area contributed by atoms with E-state index in [1.165, 1.54) is 28.0 Å². The Labute approximate surface area is 114 Å². The highest BCUT2D eigenvalue weighted by Crippen LogP contribution is 2.30. The van der Waals surface area contributed by atoms with Gasteiger partial charge in [0.05, 0.1) is 0 Å². The van der Waals surface area contributed by atoms with E-state index in [1.54, 1.807) is 0 Å². The Bertz CT molecular complexity index is 488. The number of halogens is 1.